The summed E-state index contributed by atoms with van der Waals surface area (Å²) in [5.74, 6) is 0.752. The van der Waals surface area contributed by atoms with Gasteiger partial charge in [0.15, 0.2) is 0 Å². The van der Waals surface area contributed by atoms with Crippen molar-refractivity contribution in [2.75, 3.05) is 36.0 Å². The molecule has 6 nitrogen and oxygen atoms in total. The van der Waals surface area contributed by atoms with Crippen LogP contribution in [-0.2, 0) is 6.61 Å². The van der Waals surface area contributed by atoms with Gasteiger partial charge in [-0.1, -0.05) is 29.8 Å². The molecule has 2 aromatic heterocycles. The van der Waals surface area contributed by atoms with Gasteiger partial charge in [-0.2, -0.15) is 0 Å². The van der Waals surface area contributed by atoms with Crippen LogP contribution in [0.4, 0.5) is 11.6 Å². The Morgan fingerprint density at radius 3 is 2.36 bits per heavy atom. The minimum absolute atomic E-state index is 0.131. The summed E-state index contributed by atoms with van der Waals surface area (Å²) in [6, 6.07) is 9.72. The standard InChI is InChI=1S/C18H18ClN5O/c19-17-14(12-25)16(13-4-1-2-5-15(13)22-17)23-8-10-24(11-9-23)18-20-6-3-7-21-18/h1-7,25H,8-12H2. The number of piperazine rings is 1. The molecule has 0 amide bonds. The number of rotatable bonds is 3. The molecule has 0 bridgehead atoms. The van der Waals surface area contributed by atoms with Crippen LogP contribution in [0.15, 0.2) is 42.7 Å². The number of benzene rings is 1. The highest BCUT2D eigenvalue weighted by molar-refractivity contribution is 6.31. The SMILES string of the molecule is OCc1c(Cl)nc2ccccc2c1N1CCN(c2ncccn2)CC1. The highest BCUT2D eigenvalue weighted by Gasteiger charge is 2.24. The van der Waals surface area contributed by atoms with E-state index in [1.165, 1.54) is 0 Å². The monoisotopic (exact) mass is 355 g/mol. The van der Waals surface area contributed by atoms with Crippen molar-refractivity contribution in [3.05, 3.63) is 53.4 Å². The smallest absolute Gasteiger partial charge is 0.225 e. The zero-order chi connectivity index (χ0) is 17.2. The molecular formula is C18H18ClN5O. The number of aromatic nitrogens is 3. The van der Waals surface area contributed by atoms with Crippen LogP contribution in [0.5, 0.6) is 0 Å². The maximum Gasteiger partial charge on any atom is 0.225 e. The molecule has 4 rings (SSSR count). The zero-order valence-corrected chi connectivity index (χ0v) is 14.4. The van der Waals surface area contributed by atoms with Gasteiger partial charge in [-0.25, -0.2) is 15.0 Å². The Labute approximate surface area is 150 Å². The lowest BCUT2D eigenvalue weighted by molar-refractivity contribution is 0.282. The summed E-state index contributed by atoms with van der Waals surface area (Å²) < 4.78 is 0. The van der Waals surface area contributed by atoms with Crippen LogP contribution in [0.1, 0.15) is 5.56 Å². The number of fused-ring (bicyclic) bond motifs is 1. The van der Waals surface area contributed by atoms with Gasteiger partial charge < -0.3 is 14.9 Å². The van der Waals surface area contributed by atoms with Crippen molar-refractivity contribution < 1.29 is 5.11 Å². The van der Waals surface area contributed by atoms with E-state index in [-0.39, 0.29) is 6.61 Å². The number of pyridine rings is 1. The third-order valence-corrected chi connectivity index (χ3v) is 4.81. The maximum absolute atomic E-state index is 9.84. The molecule has 1 aliphatic heterocycles. The van der Waals surface area contributed by atoms with Gasteiger partial charge in [0.2, 0.25) is 5.95 Å². The van der Waals surface area contributed by atoms with Crippen LogP contribution in [0.2, 0.25) is 5.15 Å². The van der Waals surface area contributed by atoms with Crippen LogP contribution in [0.25, 0.3) is 10.9 Å². The highest BCUT2D eigenvalue weighted by atomic mass is 35.5. The summed E-state index contributed by atoms with van der Waals surface area (Å²) in [4.78, 5) is 17.5. The molecule has 7 heteroatoms. The molecule has 1 aromatic carbocycles. The van der Waals surface area contributed by atoms with Gasteiger partial charge in [0, 0.05) is 49.5 Å². The van der Waals surface area contributed by atoms with Crippen molar-refractivity contribution in [1.29, 1.82) is 0 Å². The van der Waals surface area contributed by atoms with Crippen molar-refractivity contribution in [1.82, 2.24) is 15.0 Å². The van der Waals surface area contributed by atoms with Gasteiger partial charge in [-0.05, 0) is 12.1 Å². The average Bonchev–Trinajstić information content (AvgIpc) is 2.68. The number of aliphatic hydroxyl groups excluding tert-OH is 1. The molecule has 0 spiro atoms. The van der Waals surface area contributed by atoms with E-state index in [2.05, 4.69) is 24.8 Å². The van der Waals surface area contributed by atoms with Crippen LogP contribution in [0, 0.1) is 0 Å². The molecule has 1 aliphatic rings. The van der Waals surface area contributed by atoms with Gasteiger partial charge in [-0.15, -0.1) is 0 Å². The van der Waals surface area contributed by atoms with E-state index in [1.807, 2.05) is 30.3 Å². The Hall–Kier alpha value is -2.44. The molecule has 3 heterocycles. The van der Waals surface area contributed by atoms with E-state index >= 15 is 0 Å². The molecule has 1 saturated heterocycles. The fraction of sp³-hybridized carbons (Fsp3) is 0.278. The number of hydrogen-bond donors (Lipinski definition) is 1. The van der Waals surface area contributed by atoms with Gasteiger partial charge in [-0.3, -0.25) is 0 Å². The second kappa shape index (κ2) is 6.82. The number of hydrogen-bond acceptors (Lipinski definition) is 6. The highest BCUT2D eigenvalue weighted by Crippen LogP contribution is 2.34. The Morgan fingerprint density at radius 1 is 0.960 bits per heavy atom. The molecule has 3 aromatic rings. The molecule has 0 unspecified atom stereocenters. The lowest BCUT2D eigenvalue weighted by atomic mass is 10.1. The first kappa shape index (κ1) is 16.1. The number of nitrogens with zero attached hydrogens (tertiary/aromatic N) is 5. The number of anilines is 2. The molecular weight excluding hydrogens is 338 g/mol. The first-order chi connectivity index (χ1) is 12.3. The fourth-order valence-electron chi connectivity index (χ4n) is 3.29. The van der Waals surface area contributed by atoms with E-state index in [0.717, 1.165) is 48.7 Å². The van der Waals surface area contributed by atoms with Crippen LogP contribution in [-0.4, -0.2) is 46.2 Å². The predicted octanol–water partition coefficient (Wildman–Crippen LogP) is 2.50. The lowest BCUT2D eigenvalue weighted by Crippen LogP contribution is -2.47. The van der Waals surface area contributed by atoms with E-state index in [1.54, 1.807) is 12.4 Å². The first-order valence-electron chi connectivity index (χ1n) is 8.23. The van der Waals surface area contributed by atoms with Crippen LogP contribution in [0.3, 0.4) is 0 Å². The Balaban J connectivity index is 1.67. The van der Waals surface area contributed by atoms with E-state index in [4.69, 9.17) is 11.6 Å². The van der Waals surface area contributed by atoms with Gasteiger partial charge in [0.05, 0.1) is 17.8 Å². The summed E-state index contributed by atoms with van der Waals surface area (Å²) in [5, 5.41) is 11.2. The second-order valence-electron chi connectivity index (χ2n) is 5.93. The van der Waals surface area contributed by atoms with E-state index in [9.17, 15) is 5.11 Å². The fourth-order valence-corrected chi connectivity index (χ4v) is 3.53. The first-order valence-corrected chi connectivity index (χ1v) is 8.60. The summed E-state index contributed by atoms with van der Waals surface area (Å²) >= 11 is 6.32. The zero-order valence-electron chi connectivity index (χ0n) is 13.6. The summed E-state index contributed by atoms with van der Waals surface area (Å²) in [6.45, 7) is 3.09. The summed E-state index contributed by atoms with van der Waals surface area (Å²) in [5.41, 5.74) is 2.50. The molecule has 0 radical (unpaired) electrons. The van der Waals surface area contributed by atoms with Crippen molar-refractivity contribution >= 4 is 34.1 Å². The largest absolute Gasteiger partial charge is 0.391 e. The third kappa shape index (κ3) is 2.99. The minimum atomic E-state index is -0.131. The molecule has 1 fully saturated rings. The van der Waals surface area contributed by atoms with Crippen molar-refractivity contribution in [3.63, 3.8) is 0 Å². The van der Waals surface area contributed by atoms with Crippen molar-refractivity contribution in [2.45, 2.75) is 6.61 Å². The maximum atomic E-state index is 9.84. The Bertz CT molecular complexity index is 881. The summed E-state index contributed by atoms with van der Waals surface area (Å²) in [7, 11) is 0. The average molecular weight is 356 g/mol. The normalized spacial score (nSPS) is 15.0. The Kier molecular flexibility index (Phi) is 4.38. The van der Waals surface area contributed by atoms with Crippen LogP contribution >= 0.6 is 11.6 Å². The van der Waals surface area contributed by atoms with Crippen LogP contribution < -0.4 is 9.80 Å². The molecule has 25 heavy (non-hydrogen) atoms. The number of para-hydroxylation sites is 1. The molecule has 128 valence electrons. The van der Waals surface area contributed by atoms with Gasteiger partial charge in [0.25, 0.3) is 0 Å². The molecule has 0 aliphatic carbocycles. The number of aliphatic hydroxyl groups is 1. The second-order valence-corrected chi connectivity index (χ2v) is 6.29. The lowest BCUT2D eigenvalue weighted by Gasteiger charge is -2.37. The summed E-state index contributed by atoms with van der Waals surface area (Å²) in [6.07, 6.45) is 3.52. The molecule has 0 atom stereocenters. The molecule has 0 saturated carbocycles. The third-order valence-electron chi connectivity index (χ3n) is 4.50. The van der Waals surface area contributed by atoms with Gasteiger partial charge in [0.1, 0.15) is 5.15 Å². The quantitative estimate of drug-likeness (QED) is 0.728. The number of halogens is 1. The van der Waals surface area contributed by atoms with Gasteiger partial charge >= 0.3 is 0 Å². The van der Waals surface area contributed by atoms with E-state index < -0.39 is 0 Å². The Morgan fingerprint density at radius 2 is 1.64 bits per heavy atom. The predicted molar refractivity (Wildman–Crippen MR) is 99.1 cm³/mol. The minimum Gasteiger partial charge on any atom is -0.391 e. The van der Waals surface area contributed by atoms with Crippen molar-refractivity contribution in [3.8, 4) is 0 Å². The van der Waals surface area contributed by atoms with E-state index in [0.29, 0.717) is 10.7 Å². The van der Waals surface area contributed by atoms with Crippen molar-refractivity contribution in [2.24, 2.45) is 0 Å². The molecule has 1 N–H and O–H groups in total. The topological polar surface area (TPSA) is 65.4 Å².